The lowest BCUT2D eigenvalue weighted by atomic mass is 9.85. The van der Waals surface area contributed by atoms with Gasteiger partial charge in [-0.3, -0.25) is 9.13 Å². The number of fused-ring (bicyclic) bond motifs is 2. The number of hydrogen-bond donors (Lipinski definition) is 0. The fraction of sp³-hybridized carbons (Fsp3) is 0.0833. The molecule has 0 saturated heterocycles. The molecule has 0 aliphatic heterocycles. The van der Waals surface area contributed by atoms with Crippen LogP contribution in [-0.2, 0) is 5.41 Å². The molecule has 0 N–H and O–H groups in total. The van der Waals surface area contributed by atoms with Gasteiger partial charge in [-0.15, -0.1) is 0 Å². The molecule has 0 spiro atoms. The molecular weight excluding hydrogens is 649 g/mol. The van der Waals surface area contributed by atoms with Crippen LogP contribution in [0.5, 0.6) is 11.8 Å². The van der Waals surface area contributed by atoms with Crippen molar-refractivity contribution in [2.75, 3.05) is 0 Å². The second kappa shape index (κ2) is 13.1. The van der Waals surface area contributed by atoms with Crippen molar-refractivity contribution >= 4 is 22.1 Å². The standard InChI is InChI=1S/C48H38N4O/c1-48(2,3)37-20-13-18-35(30-37)41-26-15-27-43-45(41)50-47(52(43)39-23-11-6-12-24-39)53-40-25-14-19-36(31-40)46-49-42-29-28-34(33-16-7-4-8-17-33)32-44(42)51(46)38-21-9-5-10-22-38/h4-32H,1-3H3. The van der Waals surface area contributed by atoms with Gasteiger partial charge in [-0.25, -0.2) is 4.98 Å². The van der Waals surface area contributed by atoms with Gasteiger partial charge in [0.2, 0.25) is 0 Å². The molecule has 53 heavy (non-hydrogen) atoms. The van der Waals surface area contributed by atoms with E-state index in [9.17, 15) is 0 Å². The second-order valence-electron chi connectivity index (χ2n) is 14.4. The Kier molecular flexibility index (Phi) is 7.97. The molecule has 0 unspecified atom stereocenters. The zero-order valence-corrected chi connectivity index (χ0v) is 29.9. The highest BCUT2D eigenvalue weighted by molar-refractivity contribution is 5.94. The summed E-state index contributed by atoms with van der Waals surface area (Å²) in [6, 6.07) is 61.4. The summed E-state index contributed by atoms with van der Waals surface area (Å²) in [7, 11) is 0. The first-order valence-corrected chi connectivity index (χ1v) is 18.0. The van der Waals surface area contributed by atoms with Crippen molar-refractivity contribution in [3.8, 4) is 56.8 Å². The van der Waals surface area contributed by atoms with Crippen LogP contribution in [0.1, 0.15) is 26.3 Å². The van der Waals surface area contributed by atoms with E-state index in [1.54, 1.807) is 0 Å². The van der Waals surface area contributed by atoms with E-state index >= 15 is 0 Å². The SMILES string of the molecule is CC(C)(C)c1cccc(-c2cccc3c2nc(Oc2cccc(-c4nc5ccc(-c6ccccc6)cc5n4-c4ccccc4)c2)n3-c2ccccc2)c1. The van der Waals surface area contributed by atoms with E-state index in [1.165, 1.54) is 11.1 Å². The van der Waals surface area contributed by atoms with Crippen LogP contribution < -0.4 is 4.74 Å². The molecule has 0 amide bonds. The van der Waals surface area contributed by atoms with Gasteiger partial charge in [-0.05, 0) is 82.3 Å². The third-order valence-corrected chi connectivity index (χ3v) is 9.79. The number of benzene rings is 7. The topological polar surface area (TPSA) is 44.9 Å². The lowest BCUT2D eigenvalue weighted by Crippen LogP contribution is -2.10. The van der Waals surface area contributed by atoms with Crippen LogP contribution in [0.3, 0.4) is 0 Å². The van der Waals surface area contributed by atoms with Gasteiger partial charge in [0, 0.05) is 16.8 Å². The number of imidazole rings is 2. The van der Waals surface area contributed by atoms with Crippen LogP contribution in [0.2, 0.25) is 0 Å². The van der Waals surface area contributed by atoms with E-state index in [2.05, 4.69) is 163 Å². The first-order valence-electron chi connectivity index (χ1n) is 18.0. The molecule has 5 nitrogen and oxygen atoms in total. The molecule has 2 heterocycles. The second-order valence-corrected chi connectivity index (χ2v) is 14.4. The lowest BCUT2D eigenvalue weighted by molar-refractivity contribution is 0.437. The predicted octanol–water partition coefficient (Wildman–Crippen LogP) is 12.5. The van der Waals surface area contributed by atoms with Crippen molar-refractivity contribution in [2.24, 2.45) is 0 Å². The Labute approximate surface area is 309 Å². The molecule has 5 heteroatoms. The third kappa shape index (κ3) is 6.06. The highest BCUT2D eigenvalue weighted by atomic mass is 16.5. The van der Waals surface area contributed by atoms with Crippen molar-refractivity contribution in [3.05, 3.63) is 181 Å². The smallest absolute Gasteiger partial charge is 0.307 e. The van der Waals surface area contributed by atoms with Crippen LogP contribution in [0.15, 0.2) is 176 Å². The van der Waals surface area contributed by atoms with Crippen molar-refractivity contribution in [1.82, 2.24) is 19.1 Å². The van der Waals surface area contributed by atoms with Crippen molar-refractivity contribution < 1.29 is 4.74 Å². The average molecular weight is 687 g/mol. The molecule has 0 aliphatic carbocycles. The number of hydrogen-bond acceptors (Lipinski definition) is 3. The summed E-state index contributed by atoms with van der Waals surface area (Å²) in [6.07, 6.45) is 0. The summed E-state index contributed by atoms with van der Waals surface area (Å²) < 4.78 is 11.1. The van der Waals surface area contributed by atoms with E-state index in [0.29, 0.717) is 11.8 Å². The first-order chi connectivity index (χ1) is 25.9. The van der Waals surface area contributed by atoms with Crippen molar-refractivity contribution in [2.45, 2.75) is 26.2 Å². The van der Waals surface area contributed by atoms with Crippen molar-refractivity contribution in [3.63, 3.8) is 0 Å². The summed E-state index contributed by atoms with van der Waals surface area (Å²) >= 11 is 0. The Morgan fingerprint density at radius 3 is 1.85 bits per heavy atom. The van der Waals surface area contributed by atoms with Gasteiger partial charge in [0.05, 0.1) is 22.2 Å². The number of para-hydroxylation sites is 3. The maximum absolute atomic E-state index is 6.79. The van der Waals surface area contributed by atoms with Gasteiger partial charge in [0.15, 0.2) is 0 Å². The zero-order chi connectivity index (χ0) is 35.9. The van der Waals surface area contributed by atoms with Crippen LogP contribution in [0, 0.1) is 0 Å². The molecule has 256 valence electrons. The van der Waals surface area contributed by atoms with Crippen LogP contribution in [-0.4, -0.2) is 19.1 Å². The summed E-state index contributed by atoms with van der Waals surface area (Å²) in [5.74, 6) is 1.50. The van der Waals surface area contributed by atoms with E-state index in [1.807, 2.05) is 42.5 Å². The number of rotatable bonds is 7. The Hall–Kier alpha value is -6.72. The molecule has 0 fully saturated rings. The Morgan fingerprint density at radius 1 is 0.472 bits per heavy atom. The molecule has 0 radical (unpaired) electrons. The quantitative estimate of drug-likeness (QED) is 0.168. The van der Waals surface area contributed by atoms with Crippen molar-refractivity contribution in [1.29, 1.82) is 0 Å². The Morgan fingerprint density at radius 2 is 1.11 bits per heavy atom. The lowest BCUT2D eigenvalue weighted by Gasteiger charge is -2.20. The molecule has 0 saturated carbocycles. The zero-order valence-electron chi connectivity index (χ0n) is 29.9. The average Bonchev–Trinajstić information content (AvgIpc) is 3.77. The molecule has 7 aromatic carbocycles. The molecule has 0 aliphatic rings. The van der Waals surface area contributed by atoms with Gasteiger partial charge < -0.3 is 4.74 Å². The molecule has 9 rings (SSSR count). The Balaban J connectivity index is 1.17. The van der Waals surface area contributed by atoms with Crippen LogP contribution >= 0.6 is 0 Å². The molecule has 0 atom stereocenters. The molecule has 0 bridgehead atoms. The molecule has 2 aromatic heterocycles. The van der Waals surface area contributed by atoms with Gasteiger partial charge in [0.25, 0.3) is 0 Å². The van der Waals surface area contributed by atoms with Crippen LogP contribution in [0.25, 0.3) is 67.1 Å². The maximum Gasteiger partial charge on any atom is 0.307 e. The molecular formula is C48H38N4O. The van der Waals surface area contributed by atoms with Gasteiger partial charge >= 0.3 is 6.01 Å². The van der Waals surface area contributed by atoms with Gasteiger partial charge in [-0.1, -0.05) is 142 Å². The minimum atomic E-state index is 0.0256. The van der Waals surface area contributed by atoms with E-state index < -0.39 is 0 Å². The summed E-state index contributed by atoms with van der Waals surface area (Å²) in [6.45, 7) is 6.73. The van der Waals surface area contributed by atoms with E-state index in [0.717, 1.165) is 61.5 Å². The molecule has 9 aromatic rings. The van der Waals surface area contributed by atoms with Gasteiger partial charge in [-0.2, -0.15) is 4.98 Å². The summed E-state index contributed by atoms with van der Waals surface area (Å²) in [5.41, 5.74) is 12.6. The van der Waals surface area contributed by atoms with E-state index in [4.69, 9.17) is 14.7 Å². The number of nitrogens with zero attached hydrogens (tertiary/aromatic N) is 4. The highest BCUT2D eigenvalue weighted by Gasteiger charge is 2.21. The minimum Gasteiger partial charge on any atom is -0.425 e. The predicted molar refractivity (Wildman–Crippen MR) is 217 cm³/mol. The van der Waals surface area contributed by atoms with Gasteiger partial charge in [0.1, 0.15) is 17.1 Å². The normalized spacial score (nSPS) is 11.7. The monoisotopic (exact) mass is 686 g/mol. The first kappa shape index (κ1) is 32.2. The highest BCUT2D eigenvalue weighted by Crippen LogP contribution is 2.38. The fourth-order valence-corrected chi connectivity index (χ4v) is 7.08. The minimum absolute atomic E-state index is 0.0256. The maximum atomic E-state index is 6.79. The summed E-state index contributed by atoms with van der Waals surface area (Å²) in [5, 5.41) is 0. The number of aromatic nitrogens is 4. The Bertz CT molecular complexity index is 2720. The summed E-state index contributed by atoms with van der Waals surface area (Å²) in [4.78, 5) is 10.4. The van der Waals surface area contributed by atoms with Crippen LogP contribution in [0.4, 0.5) is 0 Å². The number of ether oxygens (including phenoxy) is 1. The van der Waals surface area contributed by atoms with E-state index in [-0.39, 0.29) is 5.41 Å². The third-order valence-electron chi connectivity index (χ3n) is 9.79. The fourth-order valence-electron chi connectivity index (χ4n) is 7.08. The largest absolute Gasteiger partial charge is 0.425 e.